The molecule has 0 unspecified atom stereocenters. The third kappa shape index (κ3) is 4.83. The summed E-state index contributed by atoms with van der Waals surface area (Å²) >= 11 is 0. The van der Waals surface area contributed by atoms with E-state index in [9.17, 15) is 9.59 Å². The van der Waals surface area contributed by atoms with E-state index in [4.69, 9.17) is 10.8 Å². The summed E-state index contributed by atoms with van der Waals surface area (Å²) in [4.78, 5) is 20.4. The van der Waals surface area contributed by atoms with Crippen molar-refractivity contribution in [3.63, 3.8) is 0 Å². The summed E-state index contributed by atoms with van der Waals surface area (Å²) in [5.74, 6) is -1.62. The Kier molecular flexibility index (Phi) is 3.17. The minimum absolute atomic E-state index is 0.325. The zero-order chi connectivity index (χ0) is 8.15. The van der Waals surface area contributed by atoms with Gasteiger partial charge in [-0.05, 0) is 6.92 Å². The van der Waals surface area contributed by atoms with Crippen molar-refractivity contribution in [2.75, 3.05) is 0 Å². The van der Waals surface area contributed by atoms with Crippen molar-refractivity contribution in [1.29, 1.82) is 0 Å². The Hall–Kier alpha value is -1.32. The van der Waals surface area contributed by atoms with Gasteiger partial charge in [0.05, 0.1) is 0 Å². The molecule has 0 aliphatic heterocycles. The molecule has 10 heavy (non-hydrogen) atoms. The fourth-order valence-electron chi connectivity index (χ4n) is 0.454. The van der Waals surface area contributed by atoms with Gasteiger partial charge < -0.3 is 10.8 Å². The minimum Gasteiger partial charge on any atom is -0.481 e. The highest BCUT2D eigenvalue weighted by molar-refractivity contribution is 6.01. The molecule has 0 amide bonds. The quantitative estimate of drug-likeness (QED) is 0.426. The number of nitrogens with two attached hydrogens (primary N) is 1. The summed E-state index contributed by atoms with van der Waals surface area (Å²) in [6, 6.07) is 0. The van der Waals surface area contributed by atoms with Crippen LogP contribution < -0.4 is 5.73 Å². The zero-order valence-corrected chi connectivity index (χ0v) is 5.63. The van der Waals surface area contributed by atoms with Crippen molar-refractivity contribution in [3.8, 4) is 0 Å². The Morgan fingerprint density at radius 3 is 2.40 bits per heavy atom. The van der Waals surface area contributed by atoms with Crippen LogP contribution in [0.3, 0.4) is 0 Å². The van der Waals surface area contributed by atoms with Gasteiger partial charge in [-0.2, -0.15) is 0 Å². The lowest BCUT2D eigenvalue weighted by molar-refractivity contribution is -0.139. The number of allylic oxidation sites excluding steroid dienone is 2. The molecular formula is C6H9NO3. The average Bonchev–Trinajstić information content (AvgIpc) is 1.58. The van der Waals surface area contributed by atoms with Crippen molar-refractivity contribution in [1.82, 2.24) is 0 Å². The molecule has 0 saturated heterocycles. The van der Waals surface area contributed by atoms with Gasteiger partial charge in [-0.3, -0.25) is 9.59 Å². The van der Waals surface area contributed by atoms with E-state index in [1.165, 1.54) is 6.92 Å². The van der Waals surface area contributed by atoms with Crippen LogP contribution in [-0.4, -0.2) is 16.9 Å². The average molecular weight is 143 g/mol. The van der Waals surface area contributed by atoms with Gasteiger partial charge in [0.25, 0.3) is 0 Å². The summed E-state index contributed by atoms with van der Waals surface area (Å²) in [5, 5.41) is 8.11. The van der Waals surface area contributed by atoms with Crippen molar-refractivity contribution in [2.45, 2.75) is 13.3 Å². The smallest absolute Gasteiger partial charge is 0.311 e. The first-order chi connectivity index (χ1) is 4.52. The lowest BCUT2D eigenvalue weighted by atomic mass is 10.2. The summed E-state index contributed by atoms with van der Waals surface area (Å²) in [7, 11) is 0. The van der Waals surface area contributed by atoms with Gasteiger partial charge in [-0.1, -0.05) is 0 Å². The number of rotatable bonds is 3. The maximum absolute atomic E-state index is 10.5. The van der Waals surface area contributed by atoms with Gasteiger partial charge in [-0.15, -0.1) is 0 Å². The zero-order valence-electron chi connectivity index (χ0n) is 5.63. The van der Waals surface area contributed by atoms with Crippen LogP contribution in [0.15, 0.2) is 11.8 Å². The molecule has 0 aromatic carbocycles. The van der Waals surface area contributed by atoms with E-state index < -0.39 is 18.2 Å². The fourth-order valence-corrected chi connectivity index (χ4v) is 0.454. The number of carboxylic acid groups (broad SMARTS) is 1. The monoisotopic (exact) mass is 143 g/mol. The molecule has 0 spiro atoms. The first-order valence-corrected chi connectivity index (χ1v) is 2.70. The number of carbonyl (C=O) groups excluding carboxylic acids is 1. The van der Waals surface area contributed by atoms with Crippen molar-refractivity contribution in [2.24, 2.45) is 5.73 Å². The third-order valence-electron chi connectivity index (χ3n) is 0.714. The van der Waals surface area contributed by atoms with Gasteiger partial charge in [0.15, 0.2) is 5.78 Å². The maximum Gasteiger partial charge on any atom is 0.311 e. The fraction of sp³-hybridized carbons (Fsp3) is 0.333. The van der Waals surface area contributed by atoms with E-state index in [1.54, 1.807) is 0 Å². The van der Waals surface area contributed by atoms with E-state index in [1.807, 2.05) is 0 Å². The van der Waals surface area contributed by atoms with Crippen molar-refractivity contribution in [3.05, 3.63) is 11.8 Å². The van der Waals surface area contributed by atoms with Gasteiger partial charge in [0.1, 0.15) is 6.42 Å². The lowest BCUT2D eigenvalue weighted by Gasteiger charge is -1.88. The predicted octanol–water partition coefficient (Wildman–Crippen LogP) is -0.107. The van der Waals surface area contributed by atoms with Gasteiger partial charge in [-0.25, -0.2) is 0 Å². The predicted molar refractivity (Wildman–Crippen MR) is 35.2 cm³/mol. The SMILES string of the molecule is C/C(N)=C/C(=O)CC(=O)O. The van der Waals surface area contributed by atoms with Crippen LogP contribution in [0.5, 0.6) is 0 Å². The second kappa shape index (κ2) is 3.66. The normalized spacial score (nSPS) is 11.1. The van der Waals surface area contributed by atoms with E-state index in [2.05, 4.69) is 0 Å². The highest BCUT2D eigenvalue weighted by Crippen LogP contribution is 1.87. The number of ketones is 1. The molecule has 0 aliphatic rings. The molecule has 4 nitrogen and oxygen atoms in total. The molecule has 0 radical (unpaired) electrons. The minimum atomic E-state index is -1.14. The molecule has 0 bridgehead atoms. The van der Waals surface area contributed by atoms with E-state index in [0.29, 0.717) is 5.70 Å². The molecule has 0 fully saturated rings. The van der Waals surface area contributed by atoms with Crippen molar-refractivity contribution < 1.29 is 14.7 Å². The molecular weight excluding hydrogens is 134 g/mol. The Labute approximate surface area is 58.3 Å². The summed E-state index contributed by atoms with van der Waals surface area (Å²) in [6.07, 6.45) is 0.614. The van der Waals surface area contributed by atoms with E-state index >= 15 is 0 Å². The lowest BCUT2D eigenvalue weighted by Crippen LogP contribution is -2.05. The second-order valence-electron chi connectivity index (χ2n) is 1.93. The molecule has 0 aromatic rings. The molecule has 0 heterocycles. The molecule has 0 aliphatic carbocycles. The second-order valence-corrected chi connectivity index (χ2v) is 1.93. The van der Waals surface area contributed by atoms with E-state index in [-0.39, 0.29) is 0 Å². The van der Waals surface area contributed by atoms with Gasteiger partial charge in [0.2, 0.25) is 0 Å². The Morgan fingerprint density at radius 1 is 1.60 bits per heavy atom. The number of aliphatic carboxylic acids is 1. The Bertz CT molecular complexity index is 179. The van der Waals surface area contributed by atoms with Crippen LogP contribution >= 0.6 is 0 Å². The van der Waals surface area contributed by atoms with Crippen LogP contribution in [-0.2, 0) is 9.59 Å². The first kappa shape index (κ1) is 8.68. The molecule has 56 valence electrons. The number of carbonyl (C=O) groups is 2. The van der Waals surface area contributed by atoms with Crippen LogP contribution in [0.25, 0.3) is 0 Å². The Morgan fingerprint density at radius 2 is 2.10 bits per heavy atom. The summed E-state index contributed by atoms with van der Waals surface area (Å²) < 4.78 is 0. The highest BCUT2D eigenvalue weighted by atomic mass is 16.4. The summed E-state index contributed by atoms with van der Waals surface area (Å²) in [5.41, 5.74) is 5.44. The topological polar surface area (TPSA) is 80.4 Å². The van der Waals surface area contributed by atoms with Crippen LogP contribution in [0.4, 0.5) is 0 Å². The standard InChI is InChI=1S/C6H9NO3/c1-4(7)2-5(8)3-6(9)10/h2H,3,7H2,1H3,(H,9,10)/b4-2-. The van der Waals surface area contributed by atoms with Gasteiger partial charge in [0, 0.05) is 11.8 Å². The number of hydrogen-bond acceptors (Lipinski definition) is 3. The maximum atomic E-state index is 10.5. The Balaban J connectivity index is 3.88. The summed E-state index contributed by atoms with van der Waals surface area (Å²) in [6.45, 7) is 1.53. The molecule has 0 atom stereocenters. The first-order valence-electron chi connectivity index (χ1n) is 2.70. The largest absolute Gasteiger partial charge is 0.481 e. The number of carboxylic acids is 1. The van der Waals surface area contributed by atoms with Gasteiger partial charge >= 0.3 is 5.97 Å². The molecule has 0 saturated carbocycles. The number of hydrogen-bond donors (Lipinski definition) is 2. The third-order valence-corrected chi connectivity index (χ3v) is 0.714. The van der Waals surface area contributed by atoms with Crippen LogP contribution in [0.1, 0.15) is 13.3 Å². The molecule has 4 heteroatoms. The van der Waals surface area contributed by atoms with E-state index in [0.717, 1.165) is 6.08 Å². The highest BCUT2D eigenvalue weighted by Gasteiger charge is 2.03. The van der Waals surface area contributed by atoms with Crippen LogP contribution in [0.2, 0.25) is 0 Å². The molecule has 3 N–H and O–H groups in total. The van der Waals surface area contributed by atoms with Crippen LogP contribution in [0, 0.1) is 0 Å². The molecule has 0 rings (SSSR count). The molecule has 0 aromatic heterocycles. The van der Waals surface area contributed by atoms with Crippen molar-refractivity contribution >= 4 is 11.8 Å².